The second kappa shape index (κ2) is 4.83. The molecule has 0 unspecified atom stereocenters. The van der Waals surface area contributed by atoms with Gasteiger partial charge in [0.25, 0.3) is 0 Å². The Bertz CT molecular complexity index is 279. The molecule has 0 spiro atoms. The highest BCUT2D eigenvalue weighted by Gasteiger charge is 2.08. The zero-order valence-corrected chi connectivity index (χ0v) is 9.14. The van der Waals surface area contributed by atoms with Crippen LogP contribution in [0.5, 0.6) is 0 Å². The van der Waals surface area contributed by atoms with Crippen molar-refractivity contribution in [3.05, 3.63) is 5.82 Å². The fraction of sp³-hybridized carbons (Fsp3) is 0.714. The molecule has 0 saturated carbocycles. The summed E-state index contributed by atoms with van der Waals surface area (Å²) in [6, 6.07) is 0. The average Bonchev–Trinajstić information content (AvgIpc) is 2.44. The normalized spacial score (nSPS) is 13.2. The van der Waals surface area contributed by atoms with E-state index in [1.807, 2.05) is 18.5 Å². The van der Waals surface area contributed by atoms with E-state index in [0.717, 1.165) is 11.0 Å². The molecule has 0 fully saturated rings. The lowest BCUT2D eigenvalue weighted by Gasteiger charge is -2.04. The Hall–Kier alpha value is -0.260. The van der Waals surface area contributed by atoms with Crippen molar-refractivity contribution in [2.24, 2.45) is 7.05 Å². The maximum atomic E-state index is 9.21. The molecular formula is C7H12ClN3OS. The Morgan fingerprint density at radius 1 is 1.62 bits per heavy atom. The first kappa shape index (κ1) is 10.8. The number of alkyl halides is 1. The maximum Gasteiger partial charge on any atom is 0.191 e. The smallest absolute Gasteiger partial charge is 0.191 e. The molecule has 0 radical (unpaired) electrons. The van der Waals surface area contributed by atoms with Crippen LogP contribution in [0.25, 0.3) is 0 Å². The fourth-order valence-corrected chi connectivity index (χ4v) is 1.85. The first-order valence-electron chi connectivity index (χ1n) is 3.88. The summed E-state index contributed by atoms with van der Waals surface area (Å²) in [5, 5.41) is 17.9. The highest BCUT2D eigenvalue weighted by Crippen LogP contribution is 2.16. The minimum Gasteiger partial charge on any atom is -0.391 e. The van der Waals surface area contributed by atoms with Gasteiger partial charge in [-0.1, -0.05) is 11.8 Å². The summed E-state index contributed by atoms with van der Waals surface area (Å²) in [5.41, 5.74) is 0. The van der Waals surface area contributed by atoms with Crippen molar-refractivity contribution in [1.82, 2.24) is 14.8 Å². The summed E-state index contributed by atoms with van der Waals surface area (Å²) < 4.78 is 1.88. The topological polar surface area (TPSA) is 50.9 Å². The van der Waals surface area contributed by atoms with E-state index in [2.05, 4.69) is 10.2 Å². The molecule has 0 bridgehead atoms. The van der Waals surface area contributed by atoms with E-state index in [0.29, 0.717) is 5.75 Å². The lowest BCUT2D eigenvalue weighted by molar-refractivity contribution is 0.223. The Balaban J connectivity index is 2.50. The average molecular weight is 222 g/mol. The zero-order valence-electron chi connectivity index (χ0n) is 7.57. The quantitative estimate of drug-likeness (QED) is 0.604. The Labute approximate surface area is 86.3 Å². The van der Waals surface area contributed by atoms with Crippen molar-refractivity contribution >= 4 is 23.4 Å². The van der Waals surface area contributed by atoms with E-state index < -0.39 is 6.10 Å². The van der Waals surface area contributed by atoms with Crippen molar-refractivity contribution in [2.75, 3.05) is 11.6 Å². The molecule has 1 rings (SSSR count). The molecule has 1 aromatic rings. The minimum atomic E-state index is -0.483. The number of hydrogen-bond donors (Lipinski definition) is 1. The number of rotatable bonds is 4. The van der Waals surface area contributed by atoms with Crippen LogP contribution in [-0.2, 0) is 7.05 Å². The van der Waals surface area contributed by atoms with Gasteiger partial charge in [0.1, 0.15) is 5.82 Å². The number of aryl methyl sites for hydroxylation is 1. The molecule has 1 aromatic heterocycles. The molecule has 0 aliphatic carbocycles. The molecule has 4 nitrogen and oxygen atoms in total. The number of thioether (sulfide) groups is 1. The van der Waals surface area contributed by atoms with Gasteiger partial charge in [0, 0.05) is 18.7 Å². The highest BCUT2D eigenvalue weighted by atomic mass is 35.5. The highest BCUT2D eigenvalue weighted by molar-refractivity contribution is 7.99. The minimum absolute atomic E-state index is 0.254. The van der Waals surface area contributed by atoms with Gasteiger partial charge in [-0.05, 0) is 6.92 Å². The van der Waals surface area contributed by atoms with Gasteiger partial charge >= 0.3 is 0 Å². The van der Waals surface area contributed by atoms with Gasteiger partial charge in [-0.15, -0.1) is 21.8 Å². The Morgan fingerprint density at radius 2 is 2.31 bits per heavy atom. The fourth-order valence-electron chi connectivity index (χ4n) is 0.729. The first-order chi connectivity index (χ1) is 6.15. The van der Waals surface area contributed by atoms with Gasteiger partial charge in [0.2, 0.25) is 0 Å². The van der Waals surface area contributed by atoms with E-state index in [9.17, 15) is 5.11 Å². The second-order valence-corrected chi connectivity index (χ2v) is 4.00. The summed E-state index contributed by atoms with van der Waals surface area (Å²) in [5.74, 6) is 1.67. The zero-order chi connectivity index (χ0) is 9.84. The SMILES string of the molecule is Cc1nnc(SC[C@@H](O)CCl)n1C. The molecule has 0 amide bonds. The van der Waals surface area contributed by atoms with E-state index >= 15 is 0 Å². The molecule has 0 aliphatic heterocycles. The van der Waals surface area contributed by atoms with Crippen molar-refractivity contribution in [3.8, 4) is 0 Å². The van der Waals surface area contributed by atoms with E-state index in [4.69, 9.17) is 11.6 Å². The monoisotopic (exact) mass is 221 g/mol. The maximum absolute atomic E-state index is 9.21. The number of aliphatic hydroxyl groups is 1. The van der Waals surface area contributed by atoms with Gasteiger partial charge < -0.3 is 9.67 Å². The Morgan fingerprint density at radius 3 is 2.77 bits per heavy atom. The van der Waals surface area contributed by atoms with Crippen LogP contribution in [0.2, 0.25) is 0 Å². The summed E-state index contributed by atoms with van der Waals surface area (Å²) in [6.45, 7) is 1.88. The molecule has 0 saturated heterocycles. The summed E-state index contributed by atoms with van der Waals surface area (Å²) in [7, 11) is 1.89. The standard InChI is InChI=1S/C7H12ClN3OS/c1-5-9-10-7(11(5)2)13-4-6(12)3-8/h6,12H,3-4H2,1-2H3/t6-/m0/s1. The molecule has 6 heteroatoms. The van der Waals surface area contributed by atoms with Crippen molar-refractivity contribution < 1.29 is 5.11 Å². The number of hydrogen-bond acceptors (Lipinski definition) is 4. The van der Waals surface area contributed by atoms with E-state index in [1.165, 1.54) is 11.8 Å². The molecule has 1 atom stereocenters. The van der Waals surface area contributed by atoms with Gasteiger partial charge in [-0.25, -0.2) is 0 Å². The summed E-state index contributed by atoms with van der Waals surface area (Å²) in [4.78, 5) is 0. The van der Waals surface area contributed by atoms with Crippen LogP contribution in [0.3, 0.4) is 0 Å². The molecule has 0 aromatic carbocycles. The predicted octanol–water partition coefficient (Wildman–Crippen LogP) is 0.815. The van der Waals surface area contributed by atoms with Crippen molar-refractivity contribution in [3.63, 3.8) is 0 Å². The molecular weight excluding hydrogens is 210 g/mol. The van der Waals surface area contributed by atoms with Crippen molar-refractivity contribution in [1.29, 1.82) is 0 Å². The third kappa shape index (κ3) is 2.86. The third-order valence-corrected chi connectivity index (χ3v) is 3.16. The lowest BCUT2D eigenvalue weighted by atomic mass is 10.5. The second-order valence-electron chi connectivity index (χ2n) is 2.71. The van der Waals surface area contributed by atoms with Gasteiger partial charge in [-0.3, -0.25) is 0 Å². The van der Waals surface area contributed by atoms with Crippen LogP contribution in [-0.4, -0.2) is 37.6 Å². The summed E-state index contributed by atoms with van der Waals surface area (Å²) >= 11 is 6.91. The lowest BCUT2D eigenvalue weighted by Crippen LogP contribution is -2.11. The van der Waals surface area contributed by atoms with Crippen LogP contribution < -0.4 is 0 Å². The summed E-state index contributed by atoms with van der Waals surface area (Å²) in [6.07, 6.45) is -0.483. The van der Waals surface area contributed by atoms with Gasteiger partial charge in [0.15, 0.2) is 5.16 Å². The van der Waals surface area contributed by atoms with Gasteiger partial charge in [-0.2, -0.15) is 0 Å². The molecule has 1 heterocycles. The van der Waals surface area contributed by atoms with Crippen LogP contribution in [0.1, 0.15) is 5.82 Å². The molecule has 74 valence electrons. The number of aromatic nitrogens is 3. The van der Waals surface area contributed by atoms with E-state index in [1.54, 1.807) is 0 Å². The number of aliphatic hydroxyl groups excluding tert-OH is 1. The van der Waals surface area contributed by atoms with Crippen LogP contribution >= 0.6 is 23.4 Å². The first-order valence-corrected chi connectivity index (χ1v) is 5.40. The van der Waals surface area contributed by atoms with Crippen LogP contribution in [0, 0.1) is 6.92 Å². The number of nitrogens with zero attached hydrogens (tertiary/aromatic N) is 3. The van der Waals surface area contributed by atoms with Gasteiger partial charge in [0.05, 0.1) is 6.10 Å². The molecule has 0 aliphatic rings. The number of halogens is 1. The molecule has 1 N–H and O–H groups in total. The molecule has 13 heavy (non-hydrogen) atoms. The third-order valence-electron chi connectivity index (χ3n) is 1.64. The van der Waals surface area contributed by atoms with Crippen LogP contribution in [0.15, 0.2) is 5.16 Å². The predicted molar refractivity (Wildman–Crippen MR) is 53.2 cm³/mol. The van der Waals surface area contributed by atoms with E-state index in [-0.39, 0.29) is 5.88 Å². The largest absolute Gasteiger partial charge is 0.391 e. The van der Waals surface area contributed by atoms with Crippen molar-refractivity contribution in [2.45, 2.75) is 18.2 Å². The Kier molecular flexibility index (Phi) is 4.02. The van der Waals surface area contributed by atoms with Crippen LogP contribution in [0.4, 0.5) is 0 Å².